The van der Waals surface area contributed by atoms with Crippen LogP contribution in [0.2, 0.25) is 0 Å². The van der Waals surface area contributed by atoms with Crippen molar-refractivity contribution >= 4 is 33.7 Å². The van der Waals surface area contributed by atoms with Crippen LogP contribution in [0.5, 0.6) is 11.5 Å². The van der Waals surface area contributed by atoms with Crippen LogP contribution in [0.4, 0.5) is 0 Å². The number of thiazole rings is 1. The van der Waals surface area contributed by atoms with Gasteiger partial charge in [0.2, 0.25) is 0 Å². The van der Waals surface area contributed by atoms with E-state index < -0.39 is 0 Å². The Labute approximate surface area is 146 Å². The smallest absolute Gasteiger partial charge is 0.161 e. The summed E-state index contributed by atoms with van der Waals surface area (Å²) in [7, 11) is 1.65. The van der Waals surface area contributed by atoms with Crippen molar-refractivity contribution in [2.45, 2.75) is 20.8 Å². The number of fused-ring (bicyclic) bond motifs is 1. The standard InChI is InChI=1S/C20H21NO2S/c1-5-23-18-12-15(6-8-17(18)22-4)7-9-20-21-16-10-13(2)14(3)11-19(16)24-20/h6-12H,5H2,1-4H3/b9-7+. The maximum absolute atomic E-state index is 5.62. The lowest BCUT2D eigenvalue weighted by molar-refractivity contribution is 0.311. The number of hydrogen-bond acceptors (Lipinski definition) is 4. The van der Waals surface area contributed by atoms with Crippen LogP contribution in [0.1, 0.15) is 28.6 Å². The summed E-state index contributed by atoms with van der Waals surface area (Å²) in [6, 6.07) is 10.3. The fourth-order valence-corrected chi connectivity index (χ4v) is 3.45. The van der Waals surface area contributed by atoms with Crippen molar-refractivity contribution in [3.8, 4) is 11.5 Å². The molecule has 4 heteroatoms. The van der Waals surface area contributed by atoms with Crippen LogP contribution in [0.25, 0.3) is 22.4 Å². The molecule has 0 radical (unpaired) electrons. The fourth-order valence-electron chi connectivity index (χ4n) is 2.50. The number of methoxy groups -OCH3 is 1. The number of benzene rings is 2. The fraction of sp³-hybridized carbons (Fsp3) is 0.250. The highest BCUT2D eigenvalue weighted by atomic mass is 32.1. The molecule has 0 saturated carbocycles. The van der Waals surface area contributed by atoms with Crippen molar-refractivity contribution in [3.05, 3.63) is 52.0 Å². The maximum Gasteiger partial charge on any atom is 0.161 e. The van der Waals surface area contributed by atoms with Crippen LogP contribution in [-0.4, -0.2) is 18.7 Å². The largest absolute Gasteiger partial charge is 0.493 e. The summed E-state index contributed by atoms with van der Waals surface area (Å²) >= 11 is 1.71. The third kappa shape index (κ3) is 3.44. The molecule has 0 aliphatic carbocycles. The van der Waals surface area contributed by atoms with Crippen molar-refractivity contribution < 1.29 is 9.47 Å². The predicted octanol–water partition coefficient (Wildman–Crippen LogP) is 5.49. The Bertz CT molecular complexity index is 857. The molecule has 0 aliphatic rings. The van der Waals surface area contributed by atoms with Gasteiger partial charge in [0.15, 0.2) is 11.5 Å². The molecule has 2 aromatic carbocycles. The minimum Gasteiger partial charge on any atom is -0.493 e. The van der Waals surface area contributed by atoms with E-state index in [1.54, 1.807) is 18.4 Å². The van der Waals surface area contributed by atoms with Gasteiger partial charge in [0.1, 0.15) is 5.01 Å². The van der Waals surface area contributed by atoms with Gasteiger partial charge in [0.25, 0.3) is 0 Å². The van der Waals surface area contributed by atoms with Crippen LogP contribution in [0, 0.1) is 13.8 Å². The van der Waals surface area contributed by atoms with E-state index in [0.717, 1.165) is 27.6 Å². The normalized spacial score (nSPS) is 11.3. The molecule has 124 valence electrons. The second kappa shape index (κ2) is 7.05. The Balaban J connectivity index is 1.89. The van der Waals surface area contributed by atoms with Crippen molar-refractivity contribution in [3.63, 3.8) is 0 Å². The lowest BCUT2D eigenvalue weighted by Gasteiger charge is -2.09. The third-order valence-corrected chi connectivity index (χ3v) is 4.91. The van der Waals surface area contributed by atoms with Crippen LogP contribution in [0.3, 0.4) is 0 Å². The monoisotopic (exact) mass is 339 g/mol. The molecule has 0 amide bonds. The first-order valence-electron chi connectivity index (χ1n) is 7.97. The summed E-state index contributed by atoms with van der Waals surface area (Å²) in [6.45, 7) is 6.83. The molecule has 0 atom stereocenters. The number of nitrogens with zero attached hydrogens (tertiary/aromatic N) is 1. The quantitative estimate of drug-likeness (QED) is 0.616. The van der Waals surface area contributed by atoms with Crippen LogP contribution in [-0.2, 0) is 0 Å². The Morgan fingerprint density at radius 1 is 1.04 bits per heavy atom. The van der Waals surface area contributed by atoms with E-state index in [9.17, 15) is 0 Å². The highest BCUT2D eigenvalue weighted by Gasteiger charge is 2.06. The van der Waals surface area contributed by atoms with Crippen molar-refractivity contribution in [1.29, 1.82) is 0 Å². The Morgan fingerprint density at radius 2 is 1.83 bits per heavy atom. The van der Waals surface area contributed by atoms with Gasteiger partial charge in [-0.3, -0.25) is 0 Å². The van der Waals surface area contributed by atoms with Gasteiger partial charge in [-0.25, -0.2) is 4.98 Å². The first-order chi connectivity index (χ1) is 11.6. The zero-order valence-corrected chi connectivity index (χ0v) is 15.2. The maximum atomic E-state index is 5.62. The number of aromatic nitrogens is 1. The number of hydrogen-bond donors (Lipinski definition) is 0. The molecule has 1 aromatic heterocycles. The molecule has 0 fully saturated rings. The number of rotatable bonds is 5. The topological polar surface area (TPSA) is 31.4 Å². The van der Waals surface area contributed by atoms with Crippen LogP contribution < -0.4 is 9.47 Å². The van der Waals surface area contributed by atoms with Gasteiger partial charge in [-0.05, 0) is 67.8 Å². The molecule has 0 bridgehead atoms. The average molecular weight is 339 g/mol. The van der Waals surface area contributed by atoms with E-state index in [0.29, 0.717) is 6.61 Å². The molecule has 3 nitrogen and oxygen atoms in total. The Hall–Kier alpha value is -2.33. The van der Waals surface area contributed by atoms with Crippen molar-refractivity contribution in [2.24, 2.45) is 0 Å². The summed E-state index contributed by atoms with van der Waals surface area (Å²) < 4.78 is 12.2. The van der Waals surface area contributed by atoms with Gasteiger partial charge in [0, 0.05) is 0 Å². The highest BCUT2D eigenvalue weighted by Crippen LogP contribution is 2.30. The van der Waals surface area contributed by atoms with E-state index in [1.807, 2.05) is 31.2 Å². The molecule has 3 rings (SSSR count). The van der Waals surface area contributed by atoms with E-state index in [2.05, 4.69) is 32.1 Å². The summed E-state index contributed by atoms with van der Waals surface area (Å²) in [5.41, 5.74) is 4.70. The summed E-state index contributed by atoms with van der Waals surface area (Å²) in [5, 5.41) is 1.00. The molecule has 0 N–H and O–H groups in total. The van der Waals surface area contributed by atoms with Gasteiger partial charge in [-0.2, -0.15) is 0 Å². The highest BCUT2D eigenvalue weighted by molar-refractivity contribution is 7.19. The first kappa shape index (κ1) is 16.5. The zero-order chi connectivity index (χ0) is 17.1. The molecule has 1 heterocycles. The average Bonchev–Trinajstić information content (AvgIpc) is 2.95. The lowest BCUT2D eigenvalue weighted by atomic mass is 10.1. The van der Waals surface area contributed by atoms with E-state index in [-0.39, 0.29) is 0 Å². The van der Waals surface area contributed by atoms with Crippen LogP contribution >= 0.6 is 11.3 Å². The summed E-state index contributed by atoms with van der Waals surface area (Å²) in [5.74, 6) is 1.51. The van der Waals surface area contributed by atoms with Gasteiger partial charge < -0.3 is 9.47 Å². The van der Waals surface area contributed by atoms with Gasteiger partial charge in [-0.1, -0.05) is 12.1 Å². The van der Waals surface area contributed by atoms with Crippen LogP contribution in [0.15, 0.2) is 30.3 Å². The molecule has 0 unspecified atom stereocenters. The number of ether oxygens (including phenoxy) is 2. The predicted molar refractivity (Wildman–Crippen MR) is 102 cm³/mol. The van der Waals surface area contributed by atoms with E-state index in [4.69, 9.17) is 14.5 Å². The zero-order valence-electron chi connectivity index (χ0n) is 14.4. The molecular formula is C20H21NO2S. The lowest BCUT2D eigenvalue weighted by Crippen LogP contribution is -1.95. The van der Waals surface area contributed by atoms with Crippen molar-refractivity contribution in [2.75, 3.05) is 13.7 Å². The van der Waals surface area contributed by atoms with Gasteiger partial charge in [-0.15, -0.1) is 11.3 Å². The first-order valence-corrected chi connectivity index (χ1v) is 8.79. The number of aryl methyl sites for hydroxylation is 2. The Morgan fingerprint density at radius 3 is 2.58 bits per heavy atom. The molecule has 3 aromatic rings. The minimum absolute atomic E-state index is 0.611. The molecule has 24 heavy (non-hydrogen) atoms. The van der Waals surface area contributed by atoms with Gasteiger partial charge >= 0.3 is 0 Å². The molecule has 0 saturated heterocycles. The van der Waals surface area contributed by atoms with E-state index in [1.165, 1.54) is 15.8 Å². The van der Waals surface area contributed by atoms with E-state index >= 15 is 0 Å². The summed E-state index contributed by atoms with van der Waals surface area (Å²) in [6.07, 6.45) is 4.10. The molecular weight excluding hydrogens is 318 g/mol. The molecule has 0 spiro atoms. The van der Waals surface area contributed by atoms with Crippen molar-refractivity contribution in [1.82, 2.24) is 4.98 Å². The minimum atomic E-state index is 0.611. The summed E-state index contributed by atoms with van der Waals surface area (Å²) in [4.78, 5) is 4.70. The van der Waals surface area contributed by atoms with Gasteiger partial charge in [0.05, 0.1) is 23.9 Å². The molecule has 0 aliphatic heterocycles. The SMILES string of the molecule is CCOc1cc(/C=C/c2nc3cc(C)c(C)cc3s2)ccc1OC. The third-order valence-electron chi connectivity index (χ3n) is 3.93. The second-order valence-electron chi connectivity index (χ2n) is 5.63. The second-order valence-corrected chi connectivity index (χ2v) is 6.70. The Kier molecular flexibility index (Phi) is 4.86.